The number of benzene rings is 1. The fraction of sp³-hybridized carbons (Fsp3) is 0.400. The van der Waals surface area contributed by atoms with Gasteiger partial charge in [-0.3, -0.25) is 0 Å². The summed E-state index contributed by atoms with van der Waals surface area (Å²) < 4.78 is 0. The van der Waals surface area contributed by atoms with E-state index in [2.05, 4.69) is 5.32 Å². The highest BCUT2D eigenvalue weighted by atomic mass is 35.5. The Kier molecular flexibility index (Phi) is 4.52. The van der Waals surface area contributed by atoms with Crippen LogP contribution in [0.15, 0.2) is 18.2 Å². The SMILES string of the molecule is Cl.Clc1cccc(Cl)c1CNC1CC1. The van der Waals surface area contributed by atoms with Gasteiger partial charge < -0.3 is 5.32 Å². The van der Waals surface area contributed by atoms with Gasteiger partial charge in [-0.15, -0.1) is 12.4 Å². The van der Waals surface area contributed by atoms with E-state index in [0.29, 0.717) is 6.04 Å². The molecular formula is C10H12Cl3N. The smallest absolute Gasteiger partial charge is 0.0465 e. The van der Waals surface area contributed by atoms with Crippen molar-refractivity contribution in [2.24, 2.45) is 0 Å². The van der Waals surface area contributed by atoms with Crippen LogP contribution in [0.1, 0.15) is 18.4 Å². The summed E-state index contributed by atoms with van der Waals surface area (Å²) in [7, 11) is 0. The molecule has 0 heterocycles. The maximum atomic E-state index is 6.01. The van der Waals surface area contributed by atoms with Gasteiger partial charge in [-0.25, -0.2) is 0 Å². The molecule has 0 saturated heterocycles. The van der Waals surface area contributed by atoms with Gasteiger partial charge in [0.05, 0.1) is 0 Å². The molecular weight excluding hydrogens is 240 g/mol. The summed E-state index contributed by atoms with van der Waals surface area (Å²) >= 11 is 12.0. The average molecular weight is 253 g/mol. The maximum absolute atomic E-state index is 6.01. The van der Waals surface area contributed by atoms with Crippen molar-refractivity contribution in [3.63, 3.8) is 0 Å². The lowest BCUT2D eigenvalue weighted by Crippen LogP contribution is -2.15. The van der Waals surface area contributed by atoms with E-state index in [1.54, 1.807) is 0 Å². The van der Waals surface area contributed by atoms with E-state index in [1.165, 1.54) is 12.8 Å². The Labute approximate surface area is 100 Å². The first kappa shape index (κ1) is 12.1. The van der Waals surface area contributed by atoms with Crippen LogP contribution in [0.4, 0.5) is 0 Å². The summed E-state index contributed by atoms with van der Waals surface area (Å²) in [5.41, 5.74) is 1.01. The zero-order valence-electron chi connectivity index (χ0n) is 7.59. The molecule has 1 nitrogen and oxygen atoms in total. The monoisotopic (exact) mass is 251 g/mol. The third-order valence-electron chi connectivity index (χ3n) is 2.21. The van der Waals surface area contributed by atoms with Crippen LogP contribution >= 0.6 is 35.6 Å². The first-order chi connectivity index (χ1) is 6.27. The molecule has 0 amide bonds. The molecule has 78 valence electrons. The van der Waals surface area contributed by atoms with Crippen molar-refractivity contribution < 1.29 is 0 Å². The first-order valence-electron chi connectivity index (χ1n) is 4.43. The van der Waals surface area contributed by atoms with Crippen LogP contribution in [0.25, 0.3) is 0 Å². The third-order valence-corrected chi connectivity index (χ3v) is 2.91. The molecule has 0 aromatic heterocycles. The van der Waals surface area contributed by atoms with Gasteiger partial charge in [0.1, 0.15) is 0 Å². The molecule has 1 aliphatic rings. The van der Waals surface area contributed by atoms with Crippen LogP contribution in [-0.4, -0.2) is 6.04 Å². The lowest BCUT2D eigenvalue weighted by atomic mass is 10.2. The number of halogens is 3. The summed E-state index contributed by atoms with van der Waals surface area (Å²) in [6.45, 7) is 0.781. The van der Waals surface area contributed by atoms with Gasteiger partial charge >= 0.3 is 0 Å². The van der Waals surface area contributed by atoms with E-state index in [9.17, 15) is 0 Å². The predicted molar refractivity (Wildman–Crippen MR) is 63.6 cm³/mol. The number of hydrogen-bond acceptors (Lipinski definition) is 1. The minimum Gasteiger partial charge on any atom is -0.310 e. The van der Waals surface area contributed by atoms with Crippen molar-refractivity contribution in [1.29, 1.82) is 0 Å². The zero-order valence-corrected chi connectivity index (χ0v) is 9.92. The van der Waals surface area contributed by atoms with Crippen LogP contribution in [0.3, 0.4) is 0 Å². The van der Waals surface area contributed by atoms with E-state index in [1.807, 2.05) is 18.2 Å². The highest BCUT2D eigenvalue weighted by Gasteiger charge is 2.20. The second-order valence-corrected chi connectivity index (χ2v) is 4.17. The Hall–Kier alpha value is 0.0500. The summed E-state index contributed by atoms with van der Waals surface area (Å²) in [6, 6.07) is 6.30. The largest absolute Gasteiger partial charge is 0.310 e. The molecule has 1 fully saturated rings. The van der Waals surface area contributed by atoms with E-state index in [4.69, 9.17) is 23.2 Å². The Morgan fingerprint density at radius 3 is 2.29 bits per heavy atom. The molecule has 0 bridgehead atoms. The zero-order chi connectivity index (χ0) is 9.26. The molecule has 0 unspecified atom stereocenters. The van der Waals surface area contributed by atoms with Crippen molar-refractivity contribution in [3.8, 4) is 0 Å². The maximum Gasteiger partial charge on any atom is 0.0465 e. The Balaban J connectivity index is 0.000000980. The van der Waals surface area contributed by atoms with Crippen LogP contribution in [-0.2, 0) is 6.54 Å². The molecule has 4 heteroatoms. The lowest BCUT2D eigenvalue weighted by Gasteiger charge is -2.07. The molecule has 0 aliphatic heterocycles. The number of rotatable bonds is 3. The van der Waals surface area contributed by atoms with Gasteiger partial charge in [-0.05, 0) is 25.0 Å². The molecule has 0 atom stereocenters. The lowest BCUT2D eigenvalue weighted by molar-refractivity contribution is 0.688. The first-order valence-corrected chi connectivity index (χ1v) is 5.19. The molecule has 14 heavy (non-hydrogen) atoms. The molecule has 1 aliphatic carbocycles. The van der Waals surface area contributed by atoms with Crippen molar-refractivity contribution in [2.45, 2.75) is 25.4 Å². The topological polar surface area (TPSA) is 12.0 Å². The number of hydrogen-bond donors (Lipinski definition) is 1. The minimum atomic E-state index is 0. The molecule has 1 saturated carbocycles. The summed E-state index contributed by atoms with van der Waals surface area (Å²) in [5.74, 6) is 0. The molecule has 1 aromatic rings. The minimum absolute atomic E-state index is 0. The van der Waals surface area contributed by atoms with Crippen molar-refractivity contribution >= 4 is 35.6 Å². The molecule has 0 radical (unpaired) electrons. The Morgan fingerprint density at radius 1 is 1.21 bits per heavy atom. The second kappa shape index (κ2) is 5.22. The highest BCUT2D eigenvalue weighted by molar-refractivity contribution is 6.35. The van der Waals surface area contributed by atoms with Crippen molar-refractivity contribution in [1.82, 2.24) is 5.32 Å². The number of nitrogens with one attached hydrogen (secondary N) is 1. The van der Waals surface area contributed by atoms with Crippen LogP contribution in [0.5, 0.6) is 0 Å². The summed E-state index contributed by atoms with van der Waals surface area (Å²) in [6.07, 6.45) is 2.56. The molecule has 2 rings (SSSR count). The van der Waals surface area contributed by atoms with E-state index in [-0.39, 0.29) is 12.4 Å². The van der Waals surface area contributed by atoms with E-state index < -0.39 is 0 Å². The van der Waals surface area contributed by atoms with Gasteiger partial charge in [0.2, 0.25) is 0 Å². The predicted octanol–water partition coefficient (Wildman–Crippen LogP) is 3.67. The molecule has 1 aromatic carbocycles. The molecule has 0 spiro atoms. The van der Waals surface area contributed by atoms with Gasteiger partial charge in [-0.2, -0.15) is 0 Å². The summed E-state index contributed by atoms with van der Waals surface area (Å²) in [5, 5.41) is 4.89. The fourth-order valence-corrected chi connectivity index (χ4v) is 1.77. The molecule has 1 N–H and O–H groups in total. The second-order valence-electron chi connectivity index (χ2n) is 3.36. The standard InChI is InChI=1S/C10H11Cl2N.ClH/c11-9-2-1-3-10(12)8(9)6-13-7-4-5-7;/h1-3,7,13H,4-6H2;1H. The van der Waals surface area contributed by atoms with Crippen molar-refractivity contribution in [2.75, 3.05) is 0 Å². The van der Waals surface area contributed by atoms with Gasteiger partial charge in [-0.1, -0.05) is 29.3 Å². The normalized spacial score (nSPS) is 15.0. The van der Waals surface area contributed by atoms with Crippen LogP contribution < -0.4 is 5.32 Å². The Bertz CT molecular complexity index is 290. The Morgan fingerprint density at radius 2 is 1.79 bits per heavy atom. The van der Waals surface area contributed by atoms with E-state index in [0.717, 1.165) is 22.2 Å². The van der Waals surface area contributed by atoms with E-state index >= 15 is 0 Å². The third kappa shape index (κ3) is 3.03. The summed E-state index contributed by atoms with van der Waals surface area (Å²) in [4.78, 5) is 0. The fourth-order valence-electron chi connectivity index (χ4n) is 1.24. The van der Waals surface area contributed by atoms with Crippen LogP contribution in [0, 0.1) is 0 Å². The van der Waals surface area contributed by atoms with Gasteiger partial charge in [0, 0.05) is 28.2 Å². The van der Waals surface area contributed by atoms with Crippen molar-refractivity contribution in [3.05, 3.63) is 33.8 Å². The quantitative estimate of drug-likeness (QED) is 0.865. The average Bonchev–Trinajstić information content (AvgIpc) is 2.87. The van der Waals surface area contributed by atoms with Gasteiger partial charge in [0.25, 0.3) is 0 Å². The highest BCUT2D eigenvalue weighted by Crippen LogP contribution is 2.26. The van der Waals surface area contributed by atoms with Gasteiger partial charge in [0.15, 0.2) is 0 Å². The van der Waals surface area contributed by atoms with Crippen LogP contribution in [0.2, 0.25) is 10.0 Å².